The quantitative estimate of drug-likeness (QED) is 0.302. The Balaban J connectivity index is 1.51. The summed E-state index contributed by atoms with van der Waals surface area (Å²) in [5.74, 6) is 1.18. The Bertz CT molecular complexity index is 1460. The van der Waals surface area contributed by atoms with Gasteiger partial charge >= 0.3 is 0 Å². The Kier molecular flexibility index (Phi) is 6.55. The van der Waals surface area contributed by atoms with Crippen LogP contribution in [0.5, 0.6) is 0 Å². The van der Waals surface area contributed by atoms with E-state index in [9.17, 15) is 10.1 Å². The summed E-state index contributed by atoms with van der Waals surface area (Å²) in [4.78, 5) is 19.6. The molecular formula is C29H30N4O2S. The molecule has 0 unspecified atom stereocenters. The van der Waals surface area contributed by atoms with Crippen molar-refractivity contribution in [2.45, 2.75) is 53.1 Å². The van der Waals surface area contributed by atoms with Crippen LogP contribution < -0.4 is 5.32 Å². The number of furan rings is 1. The summed E-state index contributed by atoms with van der Waals surface area (Å²) in [6.45, 7) is 7.50. The lowest BCUT2D eigenvalue weighted by Gasteiger charge is -2.33. The maximum absolute atomic E-state index is 13.4. The van der Waals surface area contributed by atoms with Crippen molar-refractivity contribution in [3.63, 3.8) is 0 Å². The number of thiophene rings is 1. The number of fused-ring (bicyclic) bond motifs is 2. The summed E-state index contributed by atoms with van der Waals surface area (Å²) in [6, 6.07) is 13.9. The smallest absolute Gasteiger partial charge is 0.255 e. The molecule has 1 atom stereocenters. The minimum atomic E-state index is -0.114. The van der Waals surface area contributed by atoms with Gasteiger partial charge in [-0.05, 0) is 54.4 Å². The first kappa shape index (κ1) is 24.1. The number of nitriles is 1. The van der Waals surface area contributed by atoms with E-state index < -0.39 is 0 Å². The molecule has 0 spiro atoms. The fraction of sp³-hybridized carbons (Fsp3) is 0.345. The monoisotopic (exact) mass is 498 g/mol. The van der Waals surface area contributed by atoms with Crippen molar-refractivity contribution in [1.82, 2.24) is 9.88 Å². The minimum absolute atomic E-state index is 0.114. The average molecular weight is 499 g/mol. The molecule has 3 aromatic heterocycles. The molecule has 36 heavy (non-hydrogen) atoms. The summed E-state index contributed by atoms with van der Waals surface area (Å²) in [5.41, 5.74) is 3.97. The number of carbonyl (C=O) groups is 1. The highest BCUT2D eigenvalue weighted by Gasteiger charge is 2.33. The fourth-order valence-electron chi connectivity index (χ4n) is 5.02. The number of aromatic nitrogens is 1. The van der Waals surface area contributed by atoms with E-state index in [1.54, 1.807) is 17.6 Å². The fourth-order valence-corrected chi connectivity index (χ4v) is 6.29. The molecule has 0 fully saturated rings. The van der Waals surface area contributed by atoms with Gasteiger partial charge in [-0.15, -0.1) is 11.3 Å². The van der Waals surface area contributed by atoms with Crippen LogP contribution in [0.1, 0.15) is 59.3 Å². The van der Waals surface area contributed by atoms with Gasteiger partial charge in [-0.3, -0.25) is 4.79 Å². The number of hydrogen-bond donors (Lipinski definition) is 1. The molecule has 0 bridgehead atoms. The predicted molar refractivity (Wildman–Crippen MR) is 144 cm³/mol. The van der Waals surface area contributed by atoms with E-state index in [0.29, 0.717) is 18.0 Å². The van der Waals surface area contributed by atoms with Crippen molar-refractivity contribution < 1.29 is 9.21 Å². The van der Waals surface area contributed by atoms with Crippen molar-refractivity contribution >= 4 is 39.4 Å². The molecule has 7 heteroatoms. The van der Waals surface area contributed by atoms with Gasteiger partial charge in [-0.25, -0.2) is 4.99 Å². The van der Waals surface area contributed by atoms with Gasteiger partial charge in [0, 0.05) is 33.8 Å². The Morgan fingerprint density at radius 2 is 2.14 bits per heavy atom. The molecule has 0 aliphatic heterocycles. The summed E-state index contributed by atoms with van der Waals surface area (Å²) in [7, 11) is 0. The second-order valence-corrected chi connectivity index (χ2v) is 11.5. The first-order valence-corrected chi connectivity index (χ1v) is 13.1. The number of para-hydroxylation sites is 1. The number of nitrogens with one attached hydrogen (secondary N) is 1. The van der Waals surface area contributed by atoms with E-state index in [1.807, 2.05) is 53.4 Å². The molecule has 0 radical (unpaired) electrons. The Morgan fingerprint density at radius 3 is 2.89 bits per heavy atom. The SMILES string of the molecule is CC(C)(C)[C@H]1CCc2c(sc(N=Cc3cn(CC#N)c4ccccc34)c2C(=O)NCc2ccco2)C1. The first-order valence-electron chi connectivity index (χ1n) is 12.3. The van der Waals surface area contributed by atoms with E-state index in [-0.39, 0.29) is 17.9 Å². The predicted octanol–water partition coefficient (Wildman–Crippen LogP) is 6.65. The Hall–Kier alpha value is -3.63. The average Bonchev–Trinajstić information content (AvgIpc) is 3.58. The third-order valence-electron chi connectivity index (χ3n) is 7.08. The minimum Gasteiger partial charge on any atom is -0.467 e. The second kappa shape index (κ2) is 9.79. The lowest BCUT2D eigenvalue weighted by atomic mass is 9.72. The normalized spacial score (nSPS) is 15.8. The van der Waals surface area contributed by atoms with E-state index in [2.05, 4.69) is 32.2 Å². The largest absolute Gasteiger partial charge is 0.467 e. The second-order valence-electron chi connectivity index (χ2n) is 10.4. The molecule has 3 heterocycles. The molecule has 5 rings (SSSR count). The lowest BCUT2D eigenvalue weighted by molar-refractivity contribution is 0.0947. The van der Waals surface area contributed by atoms with E-state index >= 15 is 0 Å². The van der Waals surface area contributed by atoms with Gasteiger partial charge in [0.15, 0.2) is 0 Å². The maximum atomic E-state index is 13.4. The molecule has 6 nitrogen and oxygen atoms in total. The molecular weight excluding hydrogens is 468 g/mol. The summed E-state index contributed by atoms with van der Waals surface area (Å²) >= 11 is 1.63. The van der Waals surface area contributed by atoms with Crippen LogP contribution in [0.25, 0.3) is 10.9 Å². The van der Waals surface area contributed by atoms with E-state index in [4.69, 9.17) is 9.41 Å². The standard InChI is InChI=1S/C29H30N4O2S/c1-29(2,3)20-10-11-23-25(15-20)36-28(26(23)27(34)31-17-21-7-6-14-35-21)32-16-19-18-33(13-12-30)24-9-5-4-8-22(19)24/h4-9,14,16,18,20H,10-11,13,15,17H2,1-3H3,(H,31,34)/t20-/m0/s1. The zero-order valence-corrected chi connectivity index (χ0v) is 21.7. The van der Waals surface area contributed by atoms with Gasteiger partial charge in [0.25, 0.3) is 5.91 Å². The topological polar surface area (TPSA) is 83.3 Å². The van der Waals surface area contributed by atoms with Crippen LogP contribution in [0.15, 0.2) is 58.3 Å². The van der Waals surface area contributed by atoms with Gasteiger partial charge in [0.05, 0.1) is 24.4 Å². The van der Waals surface area contributed by atoms with Gasteiger partial charge in [-0.1, -0.05) is 39.0 Å². The maximum Gasteiger partial charge on any atom is 0.255 e. The molecule has 184 valence electrons. The van der Waals surface area contributed by atoms with Crippen LogP contribution in [0.4, 0.5) is 5.00 Å². The molecule has 1 amide bonds. The summed E-state index contributed by atoms with van der Waals surface area (Å²) in [6.07, 6.45) is 8.32. The highest BCUT2D eigenvalue weighted by molar-refractivity contribution is 7.16. The van der Waals surface area contributed by atoms with Crippen molar-refractivity contribution in [2.75, 3.05) is 0 Å². The molecule has 0 saturated carbocycles. The van der Waals surface area contributed by atoms with Gasteiger partial charge in [0.1, 0.15) is 17.3 Å². The number of hydrogen-bond acceptors (Lipinski definition) is 5. The summed E-state index contributed by atoms with van der Waals surface area (Å²) in [5, 5.41) is 14.0. The highest BCUT2D eigenvalue weighted by atomic mass is 32.1. The van der Waals surface area contributed by atoms with Crippen LogP contribution >= 0.6 is 11.3 Å². The molecule has 1 N–H and O–H groups in total. The number of rotatable bonds is 6. The lowest BCUT2D eigenvalue weighted by Crippen LogP contribution is -2.28. The molecule has 4 aromatic rings. The molecule has 1 aromatic carbocycles. The third kappa shape index (κ3) is 4.74. The van der Waals surface area contributed by atoms with E-state index in [1.165, 1.54) is 4.88 Å². The summed E-state index contributed by atoms with van der Waals surface area (Å²) < 4.78 is 7.33. The number of carbonyl (C=O) groups excluding carboxylic acids is 1. The van der Waals surface area contributed by atoms with Gasteiger partial charge in [-0.2, -0.15) is 5.26 Å². The van der Waals surface area contributed by atoms with Crippen molar-refractivity contribution in [3.8, 4) is 6.07 Å². The zero-order valence-electron chi connectivity index (χ0n) is 20.9. The molecule has 1 aliphatic rings. The Morgan fingerprint density at radius 1 is 1.31 bits per heavy atom. The highest BCUT2D eigenvalue weighted by Crippen LogP contribution is 2.45. The van der Waals surface area contributed by atoms with Gasteiger partial charge < -0.3 is 14.3 Å². The van der Waals surface area contributed by atoms with Crippen LogP contribution in [-0.4, -0.2) is 16.7 Å². The molecule has 0 saturated heterocycles. The van der Waals surface area contributed by atoms with E-state index in [0.717, 1.165) is 52.1 Å². The number of benzene rings is 1. The van der Waals surface area contributed by atoms with Gasteiger partial charge in [0.2, 0.25) is 0 Å². The first-order chi connectivity index (χ1) is 17.3. The van der Waals surface area contributed by atoms with Crippen LogP contribution in [0.2, 0.25) is 0 Å². The number of aliphatic imine (C=N–C) groups is 1. The number of amides is 1. The van der Waals surface area contributed by atoms with Crippen molar-refractivity contribution in [1.29, 1.82) is 5.26 Å². The van der Waals surface area contributed by atoms with Crippen LogP contribution in [0.3, 0.4) is 0 Å². The molecule has 1 aliphatic carbocycles. The van der Waals surface area contributed by atoms with Crippen molar-refractivity contribution in [3.05, 3.63) is 76.2 Å². The van der Waals surface area contributed by atoms with Crippen molar-refractivity contribution in [2.24, 2.45) is 16.3 Å². The van der Waals surface area contributed by atoms with Crippen LogP contribution in [0, 0.1) is 22.7 Å². The number of nitrogens with zero attached hydrogens (tertiary/aromatic N) is 3. The van der Waals surface area contributed by atoms with Crippen LogP contribution in [-0.2, 0) is 25.9 Å². The third-order valence-corrected chi connectivity index (χ3v) is 8.25. The zero-order chi connectivity index (χ0) is 25.3. The Labute approximate surface area is 215 Å².